The van der Waals surface area contributed by atoms with Gasteiger partial charge in [-0.1, -0.05) is 30.3 Å². The lowest BCUT2D eigenvalue weighted by Gasteiger charge is -2.09. The fraction of sp³-hybridized carbons (Fsp3) is 0.0667. The summed E-state index contributed by atoms with van der Waals surface area (Å²) >= 11 is 0. The summed E-state index contributed by atoms with van der Waals surface area (Å²) in [5.74, 6) is -1.12. The number of hydrogen-bond acceptors (Lipinski definition) is 2. The fourth-order valence-electron chi connectivity index (χ4n) is 1.75. The van der Waals surface area contributed by atoms with E-state index >= 15 is 0 Å². The third kappa shape index (κ3) is 3.04. The monoisotopic (exact) mass is 257 g/mol. The molecule has 1 N–H and O–H groups in total. The molecular weight excluding hydrogens is 245 g/mol. The molecule has 19 heavy (non-hydrogen) atoms. The van der Waals surface area contributed by atoms with Gasteiger partial charge in [-0.25, -0.2) is 4.39 Å². The third-order valence-electron chi connectivity index (χ3n) is 2.57. The average Bonchev–Trinajstić information content (AvgIpc) is 2.38. The largest absolute Gasteiger partial charge is 0.326 e. The number of halogens is 1. The van der Waals surface area contributed by atoms with E-state index in [9.17, 15) is 14.0 Å². The van der Waals surface area contributed by atoms with E-state index in [1.165, 1.54) is 19.1 Å². The van der Waals surface area contributed by atoms with E-state index in [1.807, 2.05) is 0 Å². The molecule has 0 aliphatic rings. The van der Waals surface area contributed by atoms with Crippen LogP contribution in [0.4, 0.5) is 10.1 Å². The highest BCUT2D eigenvalue weighted by Gasteiger charge is 2.14. The Morgan fingerprint density at radius 2 is 1.74 bits per heavy atom. The van der Waals surface area contributed by atoms with Crippen LogP contribution < -0.4 is 5.32 Å². The summed E-state index contributed by atoms with van der Waals surface area (Å²) in [4.78, 5) is 23.4. The Hall–Kier alpha value is -2.49. The molecule has 1 amide bonds. The third-order valence-corrected chi connectivity index (χ3v) is 2.57. The number of carbonyl (C=O) groups excluding carboxylic acids is 2. The molecule has 0 saturated heterocycles. The Labute approximate surface area is 110 Å². The number of rotatable bonds is 3. The molecule has 0 heterocycles. The van der Waals surface area contributed by atoms with Crippen LogP contribution in [0.15, 0.2) is 48.5 Å². The highest BCUT2D eigenvalue weighted by atomic mass is 19.1. The summed E-state index contributed by atoms with van der Waals surface area (Å²) in [6.45, 7) is 1.31. The zero-order chi connectivity index (χ0) is 13.8. The van der Waals surface area contributed by atoms with Crippen molar-refractivity contribution >= 4 is 17.4 Å². The maximum atomic E-state index is 13.2. The standard InChI is InChI=1S/C15H12FNO2/c1-10(18)17-14-9-12(16)7-8-13(14)15(19)11-5-3-2-4-6-11/h2-9H,1H3,(H,17,18). The lowest BCUT2D eigenvalue weighted by atomic mass is 10.0. The Bertz CT molecular complexity index is 623. The van der Waals surface area contributed by atoms with Crippen LogP contribution in [0, 0.1) is 5.82 Å². The minimum absolute atomic E-state index is 0.182. The van der Waals surface area contributed by atoms with Crippen molar-refractivity contribution in [1.29, 1.82) is 0 Å². The van der Waals surface area contributed by atoms with Crippen LogP contribution in [0.2, 0.25) is 0 Å². The minimum Gasteiger partial charge on any atom is -0.326 e. The van der Waals surface area contributed by atoms with Crippen molar-refractivity contribution in [3.63, 3.8) is 0 Å². The Morgan fingerprint density at radius 1 is 1.05 bits per heavy atom. The van der Waals surface area contributed by atoms with Crippen molar-refractivity contribution in [1.82, 2.24) is 0 Å². The van der Waals surface area contributed by atoms with Gasteiger partial charge in [0.05, 0.1) is 5.69 Å². The molecule has 2 aromatic carbocycles. The van der Waals surface area contributed by atoms with Crippen LogP contribution in [-0.4, -0.2) is 11.7 Å². The molecule has 2 aromatic rings. The first-order valence-electron chi connectivity index (χ1n) is 5.75. The van der Waals surface area contributed by atoms with Crippen molar-refractivity contribution in [3.8, 4) is 0 Å². The fourth-order valence-corrected chi connectivity index (χ4v) is 1.75. The van der Waals surface area contributed by atoms with Crippen LogP contribution in [0.3, 0.4) is 0 Å². The first-order chi connectivity index (χ1) is 9.08. The quantitative estimate of drug-likeness (QED) is 0.859. The number of ketones is 1. The SMILES string of the molecule is CC(=O)Nc1cc(F)ccc1C(=O)c1ccccc1. The number of hydrogen-bond donors (Lipinski definition) is 1. The summed E-state index contributed by atoms with van der Waals surface area (Å²) in [5.41, 5.74) is 0.935. The Balaban J connectivity index is 2.44. The van der Waals surface area contributed by atoms with Gasteiger partial charge in [-0.3, -0.25) is 9.59 Å². The molecule has 0 fully saturated rings. The van der Waals surface area contributed by atoms with Gasteiger partial charge >= 0.3 is 0 Å². The van der Waals surface area contributed by atoms with E-state index in [0.29, 0.717) is 5.56 Å². The van der Waals surface area contributed by atoms with E-state index in [1.54, 1.807) is 30.3 Å². The van der Waals surface area contributed by atoms with E-state index in [2.05, 4.69) is 5.32 Å². The van der Waals surface area contributed by atoms with Crippen LogP contribution >= 0.6 is 0 Å². The smallest absolute Gasteiger partial charge is 0.221 e. The minimum atomic E-state index is -0.506. The van der Waals surface area contributed by atoms with E-state index in [4.69, 9.17) is 0 Å². The van der Waals surface area contributed by atoms with Gasteiger partial charge in [0.1, 0.15) is 5.82 Å². The number of benzene rings is 2. The average molecular weight is 257 g/mol. The molecule has 0 saturated carbocycles. The molecule has 0 unspecified atom stereocenters. The van der Waals surface area contributed by atoms with Crippen LogP contribution in [0.1, 0.15) is 22.8 Å². The first-order valence-corrected chi connectivity index (χ1v) is 5.75. The van der Waals surface area contributed by atoms with E-state index in [0.717, 1.165) is 6.07 Å². The first kappa shape index (κ1) is 13.0. The van der Waals surface area contributed by atoms with Gasteiger partial charge in [-0.15, -0.1) is 0 Å². The van der Waals surface area contributed by atoms with Gasteiger partial charge in [0, 0.05) is 18.1 Å². The van der Waals surface area contributed by atoms with E-state index < -0.39 is 5.82 Å². The molecule has 0 aliphatic carbocycles. The molecule has 3 nitrogen and oxygen atoms in total. The zero-order valence-corrected chi connectivity index (χ0v) is 10.3. The summed E-state index contributed by atoms with van der Waals surface area (Å²) in [6, 6.07) is 12.3. The van der Waals surface area contributed by atoms with Gasteiger partial charge < -0.3 is 5.32 Å². The van der Waals surface area contributed by atoms with Crippen molar-refractivity contribution in [3.05, 3.63) is 65.5 Å². The molecule has 2 rings (SSSR count). The number of carbonyl (C=O) groups is 2. The molecule has 4 heteroatoms. The summed E-state index contributed by atoms with van der Waals surface area (Å²) in [5, 5.41) is 2.47. The molecule has 0 atom stereocenters. The van der Waals surface area contributed by atoms with Gasteiger partial charge in [0.25, 0.3) is 0 Å². The van der Waals surface area contributed by atoms with E-state index in [-0.39, 0.29) is 22.9 Å². The number of amides is 1. The van der Waals surface area contributed by atoms with Gasteiger partial charge in [0.2, 0.25) is 5.91 Å². The number of nitrogens with one attached hydrogen (secondary N) is 1. The van der Waals surface area contributed by atoms with Crippen LogP contribution in [-0.2, 0) is 4.79 Å². The summed E-state index contributed by atoms with van der Waals surface area (Å²) in [7, 11) is 0. The summed E-state index contributed by atoms with van der Waals surface area (Å²) in [6.07, 6.45) is 0. The zero-order valence-electron chi connectivity index (χ0n) is 10.3. The van der Waals surface area contributed by atoms with Crippen molar-refractivity contribution in [2.75, 3.05) is 5.32 Å². The van der Waals surface area contributed by atoms with Gasteiger partial charge in [-0.2, -0.15) is 0 Å². The van der Waals surface area contributed by atoms with Crippen molar-refractivity contribution in [2.24, 2.45) is 0 Å². The maximum Gasteiger partial charge on any atom is 0.221 e. The molecule has 0 aromatic heterocycles. The van der Waals surface area contributed by atoms with Crippen LogP contribution in [0.5, 0.6) is 0 Å². The normalized spacial score (nSPS) is 10.0. The molecule has 0 bridgehead atoms. The second-order valence-electron chi connectivity index (χ2n) is 4.07. The van der Waals surface area contributed by atoms with Gasteiger partial charge in [0.15, 0.2) is 5.78 Å². The summed E-state index contributed by atoms with van der Waals surface area (Å²) < 4.78 is 13.2. The molecular formula is C15H12FNO2. The Kier molecular flexibility index (Phi) is 3.71. The topological polar surface area (TPSA) is 46.2 Å². The molecule has 0 aliphatic heterocycles. The molecule has 0 spiro atoms. The van der Waals surface area contributed by atoms with Crippen molar-refractivity contribution in [2.45, 2.75) is 6.92 Å². The lowest BCUT2D eigenvalue weighted by Crippen LogP contribution is -2.12. The highest BCUT2D eigenvalue weighted by Crippen LogP contribution is 2.20. The lowest BCUT2D eigenvalue weighted by molar-refractivity contribution is -0.114. The van der Waals surface area contributed by atoms with Crippen LogP contribution in [0.25, 0.3) is 0 Å². The predicted molar refractivity (Wildman–Crippen MR) is 70.6 cm³/mol. The molecule has 96 valence electrons. The highest BCUT2D eigenvalue weighted by molar-refractivity contribution is 6.13. The second kappa shape index (κ2) is 5.44. The van der Waals surface area contributed by atoms with Gasteiger partial charge in [-0.05, 0) is 18.2 Å². The maximum absolute atomic E-state index is 13.2. The molecule has 0 radical (unpaired) electrons. The van der Waals surface area contributed by atoms with Crippen molar-refractivity contribution < 1.29 is 14.0 Å². The number of anilines is 1. The second-order valence-corrected chi connectivity index (χ2v) is 4.07. The Morgan fingerprint density at radius 3 is 2.37 bits per heavy atom. The predicted octanol–water partition coefficient (Wildman–Crippen LogP) is 3.02.